The topological polar surface area (TPSA) is 29.5 Å². The van der Waals surface area contributed by atoms with E-state index in [9.17, 15) is 4.79 Å². The maximum atomic E-state index is 13.2. The molecule has 0 saturated carbocycles. The van der Waals surface area contributed by atoms with E-state index >= 15 is 0 Å². The normalized spacial score (nSPS) is 12.3. The van der Waals surface area contributed by atoms with E-state index in [1.807, 2.05) is 65.6 Å². The summed E-state index contributed by atoms with van der Waals surface area (Å²) in [5.41, 5.74) is 1.89. The number of para-hydroxylation sites is 3. The largest absolute Gasteiger partial charge is 0.496 e. The van der Waals surface area contributed by atoms with Gasteiger partial charge in [-0.15, -0.1) is 11.8 Å². The van der Waals surface area contributed by atoms with Crippen LogP contribution in [0.25, 0.3) is 0 Å². The highest BCUT2D eigenvalue weighted by Crippen LogP contribution is 2.48. The molecule has 1 amide bonds. The van der Waals surface area contributed by atoms with E-state index in [1.54, 1.807) is 18.9 Å². The minimum Gasteiger partial charge on any atom is -0.496 e. The molecule has 0 radical (unpaired) electrons. The van der Waals surface area contributed by atoms with E-state index in [-0.39, 0.29) is 5.91 Å². The van der Waals surface area contributed by atoms with Gasteiger partial charge < -0.3 is 4.74 Å². The zero-order chi connectivity index (χ0) is 17.9. The molecular weight excluding hydrogens is 362 g/mol. The van der Waals surface area contributed by atoms with Crippen LogP contribution in [0.15, 0.2) is 87.5 Å². The molecule has 0 fully saturated rings. The van der Waals surface area contributed by atoms with Crippen molar-refractivity contribution >= 4 is 40.8 Å². The number of benzene rings is 3. The highest BCUT2D eigenvalue weighted by molar-refractivity contribution is 8.00. The first-order valence-corrected chi connectivity index (χ1v) is 10.0. The first-order chi connectivity index (χ1) is 12.8. The number of anilines is 2. The number of thioether (sulfide) groups is 1. The van der Waals surface area contributed by atoms with Gasteiger partial charge in [-0.3, -0.25) is 9.69 Å². The molecule has 0 unspecified atom stereocenters. The Kier molecular flexibility index (Phi) is 4.91. The number of carbonyl (C=O) groups excluding carboxylic acids is 1. The summed E-state index contributed by atoms with van der Waals surface area (Å²) in [4.78, 5) is 18.2. The van der Waals surface area contributed by atoms with Gasteiger partial charge in [-0.1, -0.05) is 48.2 Å². The van der Waals surface area contributed by atoms with Crippen LogP contribution in [0.3, 0.4) is 0 Å². The summed E-state index contributed by atoms with van der Waals surface area (Å²) in [7, 11) is 1.65. The Morgan fingerprint density at radius 2 is 1.50 bits per heavy atom. The van der Waals surface area contributed by atoms with Crippen LogP contribution in [0.1, 0.15) is 0 Å². The monoisotopic (exact) mass is 379 g/mol. The number of hydrogen-bond acceptors (Lipinski definition) is 4. The van der Waals surface area contributed by atoms with Gasteiger partial charge in [0.2, 0.25) is 5.91 Å². The zero-order valence-electron chi connectivity index (χ0n) is 14.2. The molecule has 130 valence electrons. The van der Waals surface area contributed by atoms with Crippen molar-refractivity contribution in [1.82, 2.24) is 0 Å². The summed E-state index contributed by atoms with van der Waals surface area (Å²) in [6.07, 6.45) is 0. The van der Waals surface area contributed by atoms with Crippen LogP contribution in [0.4, 0.5) is 11.4 Å². The first-order valence-electron chi connectivity index (χ1n) is 8.22. The third kappa shape index (κ3) is 3.20. The summed E-state index contributed by atoms with van der Waals surface area (Å²) >= 11 is 3.20. The molecular formula is C21H17NO2S2. The Morgan fingerprint density at radius 1 is 0.923 bits per heavy atom. The van der Waals surface area contributed by atoms with Gasteiger partial charge in [-0.2, -0.15) is 0 Å². The lowest BCUT2D eigenvalue weighted by molar-refractivity contribution is -0.115. The van der Waals surface area contributed by atoms with Gasteiger partial charge in [0.15, 0.2) is 0 Å². The number of nitrogens with zero attached hydrogens (tertiary/aromatic N) is 1. The molecule has 4 rings (SSSR count). The third-order valence-electron chi connectivity index (χ3n) is 4.10. The second kappa shape index (κ2) is 7.48. The number of carbonyl (C=O) groups is 1. The molecule has 1 heterocycles. The quantitative estimate of drug-likeness (QED) is 0.551. The SMILES string of the molecule is COc1ccccc1SCC(=O)N1c2ccccc2Sc2ccccc21. The maximum Gasteiger partial charge on any atom is 0.241 e. The van der Waals surface area contributed by atoms with Gasteiger partial charge in [0.05, 0.1) is 24.2 Å². The fourth-order valence-electron chi connectivity index (χ4n) is 2.92. The Balaban J connectivity index is 1.64. The van der Waals surface area contributed by atoms with Crippen molar-refractivity contribution in [2.45, 2.75) is 14.7 Å². The molecule has 0 spiro atoms. The molecule has 3 aromatic rings. The maximum absolute atomic E-state index is 13.2. The molecule has 0 aliphatic carbocycles. The van der Waals surface area contributed by atoms with E-state index in [4.69, 9.17) is 4.74 Å². The van der Waals surface area contributed by atoms with E-state index in [2.05, 4.69) is 12.1 Å². The smallest absolute Gasteiger partial charge is 0.241 e. The molecule has 0 atom stereocenters. The third-order valence-corrected chi connectivity index (χ3v) is 6.27. The lowest BCUT2D eigenvalue weighted by Crippen LogP contribution is -2.29. The number of methoxy groups -OCH3 is 1. The summed E-state index contributed by atoms with van der Waals surface area (Å²) in [6.45, 7) is 0. The Hall–Kier alpha value is -2.37. The van der Waals surface area contributed by atoms with Crippen LogP contribution >= 0.6 is 23.5 Å². The average Bonchev–Trinajstić information content (AvgIpc) is 2.70. The van der Waals surface area contributed by atoms with Crippen molar-refractivity contribution in [3.05, 3.63) is 72.8 Å². The molecule has 26 heavy (non-hydrogen) atoms. The van der Waals surface area contributed by atoms with Crippen molar-refractivity contribution in [2.75, 3.05) is 17.8 Å². The van der Waals surface area contributed by atoms with Gasteiger partial charge in [0, 0.05) is 14.7 Å². The average molecular weight is 380 g/mol. The summed E-state index contributed by atoms with van der Waals surface area (Å²) in [5.74, 6) is 1.19. The second-order valence-corrected chi connectivity index (χ2v) is 7.81. The first kappa shape index (κ1) is 17.1. The van der Waals surface area contributed by atoms with E-state index in [1.165, 1.54) is 11.8 Å². The van der Waals surface area contributed by atoms with Crippen LogP contribution in [0.2, 0.25) is 0 Å². The predicted octanol–water partition coefficient (Wildman–Crippen LogP) is 5.62. The molecule has 1 aliphatic heterocycles. The molecule has 5 heteroatoms. The van der Waals surface area contributed by atoms with Gasteiger partial charge in [-0.05, 0) is 36.4 Å². The van der Waals surface area contributed by atoms with Crippen LogP contribution in [0.5, 0.6) is 5.75 Å². The number of amides is 1. The lowest BCUT2D eigenvalue weighted by atomic mass is 10.2. The minimum atomic E-state index is 0.0566. The summed E-state index contributed by atoms with van der Waals surface area (Å²) in [6, 6.07) is 23.9. The van der Waals surface area contributed by atoms with Gasteiger partial charge in [0.1, 0.15) is 5.75 Å². The van der Waals surface area contributed by atoms with Crippen molar-refractivity contribution < 1.29 is 9.53 Å². The Bertz CT molecular complexity index is 913. The molecule has 0 saturated heterocycles. The second-order valence-electron chi connectivity index (χ2n) is 5.71. The van der Waals surface area contributed by atoms with Crippen LogP contribution < -0.4 is 9.64 Å². The van der Waals surface area contributed by atoms with Crippen molar-refractivity contribution in [1.29, 1.82) is 0 Å². The van der Waals surface area contributed by atoms with Crippen molar-refractivity contribution in [3.63, 3.8) is 0 Å². The predicted molar refractivity (Wildman–Crippen MR) is 108 cm³/mol. The molecule has 3 nitrogen and oxygen atoms in total. The lowest BCUT2D eigenvalue weighted by Gasteiger charge is -2.31. The highest BCUT2D eigenvalue weighted by atomic mass is 32.2. The van der Waals surface area contributed by atoms with Gasteiger partial charge in [-0.25, -0.2) is 0 Å². The summed E-state index contributed by atoms with van der Waals surface area (Å²) in [5, 5.41) is 0. The molecule has 0 N–H and O–H groups in total. The van der Waals surface area contributed by atoms with Crippen LogP contribution in [-0.4, -0.2) is 18.8 Å². The molecule has 0 bridgehead atoms. The highest BCUT2D eigenvalue weighted by Gasteiger charge is 2.27. The standard InChI is InChI=1S/C21H17NO2S2/c1-24-17-10-4-7-13-20(17)25-14-21(23)22-15-8-2-5-11-18(15)26-19-12-6-3-9-16(19)22/h2-13H,14H2,1H3. The fraction of sp³-hybridized carbons (Fsp3) is 0.0952. The Morgan fingerprint density at radius 3 is 2.15 bits per heavy atom. The number of rotatable bonds is 4. The van der Waals surface area contributed by atoms with E-state index in [0.717, 1.165) is 31.8 Å². The van der Waals surface area contributed by atoms with E-state index < -0.39 is 0 Å². The van der Waals surface area contributed by atoms with Gasteiger partial charge >= 0.3 is 0 Å². The molecule has 1 aliphatic rings. The van der Waals surface area contributed by atoms with Crippen molar-refractivity contribution in [2.24, 2.45) is 0 Å². The zero-order valence-corrected chi connectivity index (χ0v) is 15.8. The number of fused-ring (bicyclic) bond motifs is 2. The van der Waals surface area contributed by atoms with E-state index in [0.29, 0.717) is 5.75 Å². The van der Waals surface area contributed by atoms with Gasteiger partial charge in [0.25, 0.3) is 0 Å². The van der Waals surface area contributed by atoms with Crippen LogP contribution in [-0.2, 0) is 4.79 Å². The number of hydrogen-bond donors (Lipinski definition) is 0. The Labute approximate surface area is 161 Å². The number of ether oxygens (including phenoxy) is 1. The molecule has 0 aromatic heterocycles. The summed E-state index contributed by atoms with van der Waals surface area (Å²) < 4.78 is 5.39. The minimum absolute atomic E-state index is 0.0566. The molecule has 3 aromatic carbocycles. The van der Waals surface area contributed by atoms with Crippen molar-refractivity contribution in [3.8, 4) is 5.75 Å². The van der Waals surface area contributed by atoms with Crippen LogP contribution in [0, 0.1) is 0 Å². The fourth-order valence-corrected chi connectivity index (χ4v) is 4.85.